The van der Waals surface area contributed by atoms with E-state index in [-0.39, 0.29) is 11.4 Å². The van der Waals surface area contributed by atoms with Gasteiger partial charge in [-0.1, -0.05) is 45.0 Å². The zero-order valence-electron chi connectivity index (χ0n) is 22.7. The first-order chi connectivity index (χ1) is 18.1. The fraction of sp³-hybridized carbons (Fsp3) is 0.242. The summed E-state index contributed by atoms with van der Waals surface area (Å²) in [5, 5.41) is 3.49. The molecule has 2 aliphatic heterocycles. The number of esters is 1. The van der Waals surface area contributed by atoms with E-state index in [1.54, 1.807) is 0 Å². The Kier molecular flexibility index (Phi) is 5.32. The third-order valence-corrected chi connectivity index (χ3v) is 7.54. The predicted molar refractivity (Wildman–Crippen MR) is 152 cm³/mol. The highest BCUT2D eigenvalue weighted by Crippen LogP contribution is 2.57. The quantitative estimate of drug-likeness (QED) is 0.290. The lowest BCUT2D eigenvalue weighted by Gasteiger charge is -2.38. The summed E-state index contributed by atoms with van der Waals surface area (Å²) < 4.78 is 13.0. The number of hydrogen-bond donors (Lipinski definition) is 1. The molecule has 0 aromatic heterocycles. The SMILES string of the molecule is Cc1cc(C(C)(C)C)cc2c1Oc1cc(Nc3ccc(N(C)C)cc3)ccc1C21OC(=O)c2ccccc21. The second-order valence-electron chi connectivity index (χ2n) is 11.4. The molecule has 1 N–H and O–H groups in total. The Morgan fingerprint density at radius 1 is 0.816 bits per heavy atom. The maximum atomic E-state index is 13.2. The number of nitrogens with zero attached hydrogens (tertiary/aromatic N) is 1. The van der Waals surface area contributed by atoms with E-state index in [0.717, 1.165) is 45.1 Å². The highest BCUT2D eigenvalue weighted by Gasteiger charge is 2.54. The van der Waals surface area contributed by atoms with Crippen molar-refractivity contribution in [3.05, 3.63) is 112 Å². The average molecular weight is 505 g/mol. The standard InChI is InChI=1S/C33H32N2O3/c1-20-17-21(32(2,3)4)18-28-30(20)37-29-19-23(34-22-11-14-24(15-12-22)35(5)6)13-16-27(29)33(28)26-10-8-7-9-25(26)31(36)38-33/h7-19,34H,1-6H3. The molecule has 1 atom stereocenters. The largest absolute Gasteiger partial charge is 0.456 e. The number of carbonyl (C=O) groups excluding carboxylic acids is 1. The van der Waals surface area contributed by atoms with E-state index in [1.165, 1.54) is 5.56 Å². The molecule has 6 rings (SSSR count). The van der Waals surface area contributed by atoms with Crippen LogP contribution < -0.4 is 15.0 Å². The van der Waals surface area contributed by atoms with Gasteiger partial charge in [0.1, 0.15) is 11.5 Å². The molecular formula is C33H32N2O3. The molecule has 0 aliphatic carbocycles. The second kappa shape index (κ2) is 8.38. The molecule has 1 spiro atoms. The van der Waals surface area contributed by atoms with E-state index < -0.39 is 5.60 Å². The molecule has 38 heavy (non-hydrogen) atoms. The molecule has 0 amide bonds. The summed E-state index contributed by atoms with van der Waals surface area (Å²) in [6, 6.07) is 26.3. The molecule has 0 saturated heterocycles. The third-order valence-electron chi connectivity index (χ3n) is 7.54. The number of ether oxygens (including phenoxy) is 2. The molecule has 0 saturated carbocycles. The van der Waals surface area contributed by atoms with Gasteiger partial charge in [-0.2, -0.15) is 0 Å². The Morgan fingerprint density at radius 2 is 1.53 bits per heavy atom. The predicted octanol–water partition coefficient (Wildman–Crippen LogP) is 7.67. The number of carbonyl (C=O) groups is 1. The lowest BCUT2D eigenvalue weighted by molar-refractivity contribution is 0.0223. The minimum atomic E-state index is -1.07. The monoisotopic (exact) mass is 504 g/mol. The van der Waals surface area contributed by atoms with Crippen molar-refractivity contribution in [3.8, 4) is 11.5 Å². The van der Waals surface area contributed by atoms with Gasteiger partial charge in [0.15, 0.2) is 5.60 Å². The van der Waals surface area contributed by atoms with Crippen LogP contribution >= 0.6 is 0 Å². The number of benzene rings is 4. The number of nitrogens with one attached hydrogen (secondary N) is 1. The maximum Gasteiger partial charge on any atom is 0.340 e. The van der Waals surface area contributed by atoms with Crippen LogP contribution in [-0.2, 0) is 15.8 Å². The van der Waals surface area contributed by atoms with Crippen molar-refractivity contribution in [2.45, 2.75) is 38.7 Å². The van der Waals surface area contributed by atoms with Gasteiger partial charge < -0.3 is 19.7 Å². The molecule has 2 heterocycles. The third kappa shape index (κ3) is 3.65. The summed E-state index contributed by atoms with van der Waals surface area (Å²) in [4.78, 5) is 15.3. The van der Waals surface area contributed by atoms with E-state index in [4.69, 9.17) is 9.47 Å². The van der Waals surface area contributed by atoms with Crippen molar-refractivity contribution in [2.75, 3.05) is 24.3 Å². The highest BCUT2D eigenvalue weighted by atomic mass is 16.6. The van der Waals surface area contributed by atoms with Crippen LogP contribution in [0.1, 0.15) is 58.9 Å². The van der Waals surface area contributed by atoms with Crippen molar-refractivity contribution in [1.29, 1.82) is 0 Å². The summed E-state index contributed by atoms with van der Waals surface area (Å²) in [5.41, 5.74) is 7.15. The van der Waals surface area contributed by atoms with Crippen LogP contribution in [-0.4, -0.2) is 20.1 Å². The molecule has 5 heteroatoms. The zero-order valence-corrected chi connectivity index (χ0v) is 22.7. The Hall–Kier alpha value is -4.25. The van der Waals surface area contributed by atoms with E-state index in [1.807, 2.05) is 56.6 Å². The Bertz CT molecular complexity index is 1580. The van der Waals surface area contributed by atoms with Crippen LogP contribution in [0.3, 0.4) is 0 Å². The van der Waals surface area contributed by atoms with Crippen LogP contribution in [0.25, 0.3) is 0 Å². The van der Waals surface area contributed by atoms with Crippen molar-refractivity contribution >= 4 is 23.0 Å². The minimum Gasteiger partial charge on any atom is -0.456 e. The van der Waals surface area contributed by atoms with Crippen LogP contribution in [0, 0.1) is 6.92 Å². The average Bonchev–Trinajstić information content (AvgIpc) is 3.17. The van der Waals surface area contributed by atoms with Crippen molar-refractivity contribution < 1.29 is 14.3 Å². The van der Waals surface area contributed by atoms with Crippen LogP contribution in [0.5, 0.6) is 11.5 Å². The van der Waals surface area contributed by atoms with Gasteiger partial charge in [0.2, 0.25) is 0 Å². The van der Waals surface area contributed by atoms with Gasteiger partial charge in [-0.3, -0.25) is 0 Å². The van der Waals surface area contributed by atoms with Crippen LogP contribution in [0.4, 0.5) is 17.1 Å². The molecular weight excluding hydrogens is 472 g/mol. The van der Waals surface area contributed by atoms with E-state index in [9.17, 15) is 4.79 Å². The van der Waals surface area contributed by atoms with Gasteiger partial charge in [-0.05, 0) is 72.0 Å². The van der Waals surface area contributed by atoms with Crippen molar-refractivity contribution in [1.82, 2.24) is 0 Å². The topological polar surface area (TPSA) is 50.8 Å². The van der Waals surface area contributed by atoms with Crippen molar-refractivity contribution in [3.63, 3.8) is 0 Å². The molecule has 1 unspecified atom stereocenters. The summed E-state index contributed by atoms with van der Waals surface area (Å²) >= 11 is 0. The number of fused-ring (bicyclic) bond motifs is 6. The van der Waals surface area contributed by atoms with Gasteiger partial charge in [0, 0.05) is 53.9 Å². The molecule has 0 radical (unpaired) electrons. The number of rotatable bonds is 3. The molecule has 192 valence electrons. The first kappa shape index (κ1) is 24.1. The lowest BCUT2D eigenvalue weighted by Crippen LogP contribution is -2.34. The highest BCUT2D eigenvalue weighted by molar-refractivity contribution is 5.97. The number of aryl methyl sites for hydroxylation is 1. The van der Waals surface area contributed by atoms with Gasteiger partial charge >= 0.3 is 5.97 Å². The second-order valence-corrected chi connectivity index (χ2v) is 11.4. The van der Waals surface area contributed by atoms with Crippen LogP contribution in [0.15, 0.2) is 78.9 Å². The summed E-state index contributed by atoms with van der Waals surface area (Å²) in [6.07, 6.45) is 0. The normalized spacial score (nSPS) is 17.3. The Labute approximate surface area is 224 Å². The van der Waals surface area contributed by atoms with Gasteiger partial charge in [0.25, 0.3) is 0 Å². The molecule has 2 aliphatic rings. The van der Waals surface area contributed by atoms with E-state index in [0.29, 0.717) is 11.3 Å². The molecule has 0 bridgehead atoms. The maximum absolute atomic E-state index is 13.2. The van der Waals surface area contributed by atoms with Crippen LogP contribution in [0.2, 0.25) is 0 Å². The summed E-state index contributed by atoms with van der Waals surface area (Å²) in [5.74, 6) is 1.09. The summed E-state index contributed by atoms with van der Waals surface area (Å²) in [7, 11) is 4.05. The lowest BCUT2D eigenvalue weighted by atomic mass is 9.74. The zero-order chi connectivity index (χ0) is 26.8. The van der Waals surface area contributed by atoms with E-state index >= 15 is 0 Å². The molecule has 4 aromatic rings. The van der Waals surface area contributed by atoms with Gasteiger partial charge in [-0.15, -0.1) is 0 Å². The smallest absolute Gasteiger partial charge is 0.340 e. The van der Waals surface area contributed by atoms with Gasteiger partial charge in [-0.25, -0.2) is 4.79 Å². The summed E-state index contributed by atoms with van der Waals surface area (Å²) in [6.45, 7) is 8.63. The Balaban J connectivity index is 1.52. The first-order valence-electron chi connectivity index (χ1n) is 12.9. The van der Waals surface area contributed by atoms with Crippen molar-refractivity contribution in [2.24, 2.45) is 0 Å². The fourth-order valence-electron chi connectivity index (χ4n) is 5.46. The Morgan fingerprint density at radius 3 is 2.24 bits per heavy atom. The minimum absolute atomic E-state index is 0.0840. The fourth-order valence-corrected chi connectivity index (χ4v) is 5.46. The molecule has 0 fully saturated rings. The molecule has 4 aromatic carbocycles. The number of hydrogen-bond acceptors (Lipinski definition) is 5. The first-order valence-corrected chi connectivity index (χ1v) is 12.9. The number of anilines is 3. The molecule has 5 nitrogen and oxygen atoms in total. The van der Waals surface area contributed by atoms with E-state index in [2.05, 4.69) is 74.3 Å². The van der Waals surface area contributed by atoms with Gasteiger partial charge in [0.05, 0.1) is 5.56 Å².